The highest BCUT2D eigenvalue weighted by Crippen LogP contribution is 2.16. The first-order valence-electron chi connectivity index (χ1n) is 8.30. The van der Waals surface area contributed by atoms with E-state index >= 15 is 0 Å². The summed E-state index contributed by atoms with van der Waals surface area (Å²) in [6.45, 7) is 1.68. The quantitative estimate of drug-likeness (QED) is 0.468. The van der Waals surface area contributed by atoms with Gasteiger partial charge in [-0.05, 0) is 6.92 Å². The predicted molar refractivity (Wildman–Crippen MR) is 95.9 cm³/mol. The molecule has 0 spiro atoms. The first-order chi connectivity index (χ1) is 13.3. The third-order valence-electron chi connectivity index (χ3n) is 4.51. The normalized spacial score (nSPS) is 13.5. The molecule has 3 rings (SSSR count). The van der Waals surface area contributed by atoms with Crippen LogP contribution in [0.4, 0.5) is 4.79 Å². The number of ether oxygens (including phenoxy) is 2. The molecule has 0 saturated carbocycles. The van der Waals surface area contributed by atoms with Gasteiger partial charge in [-0.2, -0.15) is 0 Å². The van der Waals surface area contributed by atoms with Crippen molar-refractivity contribution in [2.75, 3.05) is 14.2 Å². The molecule has 2 atom stereocenters. The van der Waals surface area contributed by atoms with Crippen LogP contribution >= 0.6 is 0 Å². The van der Waals surface area contributed by atoms with Gasteiger partial charge in [0.15, 0.2) is 11.7 Å². The first-order valence-corrected chi connectivity index (χ1v) is 8.30. The lowest BCUT2D eigenvalue weighted by Crippen LogP contribution is -2.50. The predicted octanol–water partition coefficient (Wildman–Crippen LogP) is -0.981. The smallest absolute Gasteiger partial charge is 0.407 e. The Hall–Kier alpha value is -3.41. The van der Waals surface area contributed by atoms with Crippen LogP contribution in [0.5, 0.6) is 0 Å². The summed E-state index contributed by atoms with van der Waals surface area (Å²) < 4.78 is 12.1. The van der Waals surface area contributed by atoms with Gasteiger partial charge in [-0.15, -0.1) is 0 Å². The van der Waals surface area contributed by atoms with Gasteiger partial charge in [0.25, 0.3) is 5.56 Å². The molecule has 3 aromatic heterocycles. The van der Waals surface area contributed by atoms with Crippen LogP contribution in [-0.2, 0) is 27.7 Å². The number of fused-ring (bicyclic) bond motifs is 2. The first kappa shape index (κ1) is 19.4. The Labute approximate surface area is 158 Å². The molecule has 0 unspecified atom stereocenters. The fraction of sp³-hybridized carbons (Fsp3) is 0.438. The fourth-order valence-electron chi connectivity index (χ4n) is 3.07. The molecule has 3 N–H and O–H groups in total. The van der Waals surface area contributed by atoms with Crippen molar-refractivity contribution in [1.82, 2.24) is 29.2 Å². The summed E-state index contributed by atoms with van der Waals surface area (Å²) in [6, 6.07) is -1.39. The van der Waals surface area contributed by atoms with Gasteiger partial charge in [-0.25, -0.2) is 24.0 Å². The number of nitrogens with zero attached hydrogens (tertiary/aromatic N) is 4. The number of aromatic amines is 1. The van der Waals surface area contributed by atoms with Gasteiger partial charge in [-0.3, -0.25) is 9.36 Å². The van der Waals surface area contributed by atoms with Crippen molar-refractivity contribution in [3.8, 4) is 0 Å². The maximum absolute atomic E-state index is 12.9. The molecule has 0 bridgehead atoms. The number of nitrogens with one attached hydrogen (secondary N) is 2. The number of aryl methyl sites for hydroxylation is 2. The summed E-state index contributed by atoms with van der Waals surface area (Å²) in [5, 5.41) is 12.8. The Morgan fingerprint density at radius 2 is 2.07 bits per heavy atom. The van der Waals surface area contributed by atoms with Crippen molar-refractivity contribution in [2.24, 2.45) is 7.05 Å². The summed E-state index contributed by atoms with van der Waals surface area (Å²) in [6.07, 6.45) is -1.04. The van der Waals surface area contributed by atoms with Crippen LogP contribution in [0.3, 0.4) is 0 Å². The van der Waals surface area contributed by atoms with Gasteiger partial charge >= 0.3 is 12.1 Å². The van der Waals surface area contributed by atoms with Crippen molar-refractivity contribution in [1.29, 1.82) is 0 Å². The largest absolute Gasteiger partial charge is 0.467 e. The van der Waals surface area contributed by atoms with Crippen LogP contribution in [-0.4, -0.2) is 67.5 Å². The number of imidazole rings is 2. The SMILES string of the molecule is COC(=O)N[C@H](C(=O)OC)[C@@H](O)Cc1c(C)nc2n(C)c3nc[nH]c3c(=O)n12. The van der Waals surface area contributed by atoms with E-state index in [0.717, 1.165) is 14.2 Å². The molecule has 1 amide bonds. The van der Waals surface area contributed by atoms with Crippen molar-refractivity contribution in [3.05, 3.63) is 28.1 Å². The maximum Gasteiger partial charge on any atom is 0.407 e. The minimum Gasteiger partial charge on any atom is -0.467 e. The van der Waals surface area contributed by atoms with E-state index in [1.807, 2.05) is 0 Å². The Morgan fingerprint density at radius 1 is 1.36 bits per heavy atom. The van der Waals surface area contributed by atoms with Crippen LogP contribution < -0.4 is 10.9 Å². The Kier molecular flexibility index (Phi) is 5.05. The number of alkyl carbamates (subject to hydrolysis) is 1. The summed E-state index contributed by atoms with van der Waals surface area (Å²) in [5.74, 6) is -0.520. The van der Waals surface area contributed by atoms with Gasteiger partial charge in [0.1, 0.15) is 5.52 Å². The molecule has 12 nitrogen and oxygen atoms in total. The monoisotopic (exact) mass is 392 g/mol. The minimum atomic E-state index is -1.40. The van der Waals surface area contributed by atoms with Crippen LogP contribution in [0, 0.1) is 6.92 Å². The molecule has 0 fully saturated rings. The molecular weight excluding hydrogens is 372 g/mol. The van der Waals surface area contributed by atoms with Crippen LogP contribution in [0.1, 0.15) is 11.4 Å². The second-order valence-corrected chi connectivity index (χ2v) is 6.15. The topological polar surface area (TPSA) is 153 Å². The molecule has 0 aliphatic rings. The van der Waals surface area contributed by atoms with Crippen LogP contribution in [0.15, 0.2) is 11.1 Å². The van der Waals surface area contributed by atoms with Crippen LogP contribution in [0.2, 0.25) is 0 Å². The van der Waals surface area contributed by atoms with Gasteiger partial charge in [0.2, 0.25) is 5.78 Å². The molecule has 0 saturated heterocycles. The van der Waals surface area contributed by atoms with E-state index in [1.54, 1.807) is 18.5 Å². The highest BCUT2D eigenvalue weighted by molar-refractivity contribution is 5.82. The van der Waals surface area contributed by atoms with Gasteiger partial charge < -0.3 is 24.9 Å². The van der Waals surface area contributed by atoms with Crippen LogP contribution in [0.25, 0.3) is 16.9 Å². The summed E-state index contributed by atoms with van der Waals surface area (Å²) in [4.78, 5) is 47.7. The minimum absolute atomic E-state index is 0.147. The number of rotatable bonds is 5. The molecule has 28 heavy (non-hydrogen) atoms. The van der Waals surface area contributed by atoms with Gasteiger partial charge in [-0.1, -0.05) is 0 Å². The van der Waals surface area contributed by atoms with Crippen molar-refractivity contribution < 1.29 is 24.2 Å². The zero-order valence-electron chi connectivity index (χ0n) is 15.7. The van der Waals surface area contributed by atoms with E-state index in [-0.39, 0.29) is 17.5 Å². The molecule has 0 aromatic carbocycles. The number of methoxy groups -OCH3 is 2. The number of aliphatic hydroxyl groups is 1. The number of hydrogen-bond donors (Lipinski definition) is 3. The van der Waals surface area contributed by atoms with Gasteiger partial charge in [0.05, 0.1) is 38.0 Å². The number of H-pyrrole nitrogens is 1. The second kappa shape index (κ2) is 7.31. The average Bonchev–Trinajstić information content (AvgIpc) is 3.29. The summed E-state index contributed by atoms with van der Waals surface area (Å²) >= 11 is 0. The molecule has 0 aliphatic carbocycles. The number of amides is 1. The van der Waals surface area contributed by atoms with Crippen molar-refractivity contribution in [3.63, 3.8) is 0 Å². The summed E-state index contributed by atoms with van der Waals surface area (Å²) in [7, 11) is 3.97. The molecule has 0 aliphatic heterocycles. The highest BCUT2D eigenvalue weighted by atomic mass is 16.5. The standard InChI is InChI=1S/C16H20N6O6/c1-7-8(5-9(23)10(14(25)27-3)20-16(26)28-4)22-13(24)11-12(18-6-17-11)21(2)15(22)19-7/h6,9-10,23H,5H2,1-4H3,(H,17,18)(H,20,26)/t9-,10-/m0/s1. The Balaban J connectivity index is 2.07. The van der Waals surface area contributed by atoms with E-state index in [0.29, 0.717) is 22.8 Å². The molecule has 12 heteroatoms. The summed E-state index contributed by atoms with van der Waals surface area (Å²) in [5.41, 5.74) is 1.20. The number of aromatic nitrogens is 5. The molecular formula is C16H20N6O6. The van der Waals surface area contributed by atoms with Crippen molar-refractivity contribution in [2.45, 2.75) is 25.5 Å². The fourth-order valence-corrected chi connectivity index (χ4v) is 3.07. The molecule has 0 radical (unpaired) electrons. The number of hydrogen-bond acceptors (Lipinski definition) is 8. The molecule has 150 valence electrons. The van der Waals surface area contributed by atoms with E-state index in [4.69, 9.17) is 0 Å². The number of carbonyl (C=O) groups is 2. The zero-order chi connectivity index (χ0) is 20.6. The van der Waals surface area contributed by atoms with E-state index < -0.39 is 24.2 Å². The molecule has 3 heterocycles. The molecule has 3 aromatic rings. The van der Waals surface area contributed by atoms with E-state index in [9.17, 15) is 19.5 Å². The lowest BCUT2D eigenvalue weighted by Gasteiger charge is -2.21. The van der Waals surface area contributed by atoms with Crippen molar-refractivity contribution >= 4 is 29.0 Å². The maximum atomic E-state index is 12.9. The lowest BCUT2D eigenvalue weighted by molar-refractivity contribution is -0.146. The average molecular weight is 392 g/mol. The second-order valence-electron chi connectivity index (χ2n) is 6.15. The number of esters is 1. The third kappa shape index (κ3) is 3.07. The highest BCUT2D eigenvalue weighted by Gasteiger charge is 2.32. The number of aliphatic hydroxyl groups excluding tert-OH is 1. The zero-order valence-corrected chi connectivity index (χ0v) is 15.7. The third-order valence-corrected chi connectivity index (χ3v) is 4.51. The van der Waals surface area contributed by atoms with E-state index in [2.05, 4.69) is 29.7 Å². The van der Waals surface area contributed by atoms with Gasteiger partial charge in [0, 0.05) is 13.5 Å². The lowest BCUT2D eigenvalue weighted by atomic mass is 10.1. The Bertz CT molecular complexity index is 1110. The van der Waals surface area contributed by atoms with E-state index in [1.165, 1.54) is 10.7 Å². The Morgan fingerprint density at radius 3 is 2.71 bits per heavy atom. The number of carbonyl (C=O) groups excluding carboxylic acids is 2.